The molecule has 0 aromatic carbocycles. The molecule has 1 aliphatic heterocycles. The molecule has 1 aliphatic rings. The van der Waals surface area contributed by atoms with E-state index >= 15 is 0 Å². The van der Waals surface area contributed by atoms with Gasteiger partial charge in [-0.05, 0) is 39.8 Å². The molecule has 0 spiro atoms. The Kier molecular flexibility index (Phi) is 10.0. The Hall–Kier alpha value is -0.550. The van der Waals surface area contributed by atoms with Crippen molar-refractivity contribution in [1.29, 1.82) is 0 Å². The van der Waals surface area contributed by atoms with Gasteiger partial charge in [-0.3, -0.25) is 9.88 Å². The Balaban J connectivity index is 0.00000220. The highest BCUT2D eigenvalue weighted by Gasteiger charge is 2.23. The molecule has 0 radical (unpaired) electrons. The van der Waals surface area contributed by atoms with Crippen LogP contribution in [0.4, 0.5) is 0 Å². The van der Waals surface area contributed by atoms with Crippen LogP contribution in [0.2, 0.25) is 0 Å². The van der Waals surface area contributed by atoms with Crippen LogP contribution in [0.15, 0.2) is 6.20 Å². The third kappa shape index (κ3) is 4.98. The fourth-order valence-corrected chi connectivity index (χ4v) is 3.05. The zero-order valence-corrected chi connectivity index (χ0v) is 15.6. The highest BCUT2D eigenvalue weighted by Crippen LogP contribution is 2.25. The van der Waals surface area contributed by atoms with Crippen LogP contribution in [0, 0.1) is 13.8 Å². The maximum atomic E-state index is 5.51. The van der Waals surface area contributed by atoms with E-state index in [2.05, 4.69) is 29.0 Å². The van der Waals surface area contributed by atoms with Gasteiger partial charge in [-0.15, -0.1) is 24.8 Å². The molecule has 2 rings (SSSR count). The minimum absolute atomic E-state index is 0. The average Bonchev–Trinajstić information content (AvgIpc) is 2.95. The first-order valence-corrected chi connectivity index (χ1v) is 7.61. The molecule has 6 heteroatoms. The summed E-state index contributed by atoms with van der Waals surface area (Å²) in [6.07, 6.45) is 4.35. The molecule has 0 aliphatic carbocycles. The van der Waals surface area contributed by atoms with E-state index < -0.39 is 0 Å². The first kappa shape index (κ1) is 21.4. The Morgan fingerprint density at radius 1 is 1.36 bits per heavy atom. The lowest BCUT2D eigenvalue weighted by atomic mass is 10.1. The molecule has 1 saturated heterocycles. The van der Waals surface area contributed by atoms with E-state index in [9.17, 15) is 0 Å². The van der Waals surface area contributed by atoms with E-state index in [1.165, 1.54) is 18.4 Å². The second-order valence-electron chi connectivity index (χ2n) is 5.66. The summed E-state index contributed by atoms with van der Waals surface area (Å²) in [5.74, 6) is 0.982. The summed E-state index contributed by atoms with van der Waals surface area (Å²) in [6.45, 7) is 10.7. The zero-order chi connectivity index (χ0) is 14.5. The number of hydrogen-bond donors (Lipinski definition) is 1. The first-order chi connectivity index (χ1) is 9.67. The van der Waals surface area contributed by atoms with Crippen molar-refractivity contribution in [3.63, 3.8) is 0 Å². The molecule has 0 bridgehead atoms. The van der Waals surface area contributed by atoms with Crippen LogP contribution in [0.3, 0.4) is 0 Å². The number of aromatic nitrogens is 1. The smallest absolute Gasteiger partial charge is 0.128 e. The Bertz CT molecular complexity index is 451. The van der Waals surface area contributed by atoms with Gasteiger partial charge in [0.2, 0.25) is 0 Å². The first-order valence-electron chi connectivity index (χ1n) is 7.61. The van der Waals surface area contributed by atoms with Gasteiger partial charge in [0, 0.05) is 36.5 Å². The van der Waals surface area contributed by atoms with E-state index in [0.717, 1.165) is 43.2 Å². The van der Waals surface area contributed by atoms with Crippen molar-refractivity contribution in [3.8, 4) is 5.75 Å². The molecule has 128 valence electrons. The molecule has 4 nitrogen and oxygen atoms in total. The third-order valence-corrected chi connectivity index (χ3v) is 4.16. The Morgan fingerprint density at radius 2 is 2.09 bits per heavy atom. The monoisotopic (exact) mass is 349 g/mol. The number of nitrogens with zero attached hydrogens (tertiary/aromatic N) is 2. The predicted octanol–water partition coefficient (Wildman–Crippen LogP) is 3.12. The van der Waals surface area contributed by atoms with E-state index in [4.69, 9.17) is 4.74 Å². The Morgan fingerprint density at radius 3 is 2.64 bits per heavy atom. The summed E-state index contributed by atoms with van der Waals surface area (Å²) >= 11 is 0. The van der Waals surface area contributed by atoms with Crippen LogP contribution in [0.25, 0.3) is 0 Å². The van der Waals surface area contributed by atoms with Gasteiger partial charge in [0.1, 0.15) is 5.75 Å². The molecule has 1 fully saturated rings. The molecular formula is C16H29Cl2N3O. The number of methoxy groups -OCH3 is 1. The van der Waals surface area contributed by atoms with Gasteiger partial charge in [0.05, 0.1) is 12.8 Å². The van der Waals surface area contributed by atoms with Gasteiger partial charge in [-0.25, -0.2) is 0 Å². The number of halogens is 2. The lowest BCUT2D eigenvalue weighted by Crippen LogP contribution is -2.37. The molecule has 1 N–H and O–H groups in total. The largest absolute Gasteiger partial charge is 0.496 e. The van der Waals surface area contributed by atoms with Crippen molar-refractivity contribution in [2.75, 3.05) is 26.7 Å². The zero-order valence-electron chi connectivity index (χ0n) is 14.0. The second-order valence-corrected chi connectivity index (χ2v) is 5.66. The minimum Gasteiger partial charge on any atom is -0.496 e. The number of rotatable bonds is 6. The van der Waals surface area contributed by atoms with Gasteiger partial charge < -0.3 is 10.1 Å². The van der Waals surface area contributed by atoms with Crippen molar-refractivity contribution in [2.24, 2.45) is 0 Å². The summed E-state index contributed by atoms with van der Waals surface area (Å²) in [4.78, 5) is 7.20. The van der Waals surface area contributed by atoms with E-state index in [-0.39, 0.29) is 24.8 Å². The molecule has 1 aromatic heterocycles. The molecule has 0 saturated carbocycles. The van der Waals surface area contributed by atoms with Crippen LogP contribution >= 0.6 is 24.8 Å². The highest BCUT2D eigenvalue weighted by atomic mass is 35.5. The normalized spacial score (nSPS) is 17.0. The molecule has 0 amide bonds. The average molecular weight is 350 g/mol. The van der Waals surface area contributed by atoms with Gasteiger partial charge in [0.25, 0.3) is 0 Å². The standard InChI is InChI=1S/C16H27N3O.2ClH/c1-5-8-19(14-6-7-17-10-14)11-15-13(3)16(20-4)12(2)9-18-15;;/h9,14,17H,5-8,10-11H2,1-4H3;2*1H. The summed E-state index contributed by atoms with van der Waals surface area (Å²) in [7, 11) is 1.74. The quantitative estimate of drug-likeness (QED) is 0.855. The Labute approximate surface area is 146 Å². The number of ether oxygens (including phenoxy) is 1. The van der Waals surface area contributed by atoms with E-state index in [0.29, 0.717) is 6.04 Å². The minimum atomic E-state index is 0. The number of aryl methyl sites for hydroxylation is 1. The summed E-state index contributed by atoms with van der Waals surface area (Å²) < 4.78 is 5.51. The van der Waals surface area contributed by atoms with E-state index in [1.54, 1.807) is 7.11 Å². The summed E-state index contributed by atoms with van der Waals surface area (Å²) in [5.41, 5.74) is 3.44. The lowest BCUT2D eigenvalue weighted by molar-refractivity contribution is 0.196. The fourth-order valence-electron chi connectivity index (χ4n) is 3.05. The van der Waals surface area contributed by atoms with Crippen molar-refractivity contribution >= 4 is 24.8 Å². The van der Waals surface area contributed by atoms with Crippen LogP contribution in [0.1, 0.15) is 36.6 Å². The highest BCUT2D eigenvalue weighted by molar-refractivity contribution is 5.85. The maximum absolute atomic E-state index is 5.51. The van der Waals surface area contributed by atoms with Crippen molar-refractivity contribution in [1.82, 2.24) is 15.2 Å². The van der Waals surface area contributed by atoms with Gasteiger partial charge in [-0.2, -0.15) is 0 Å². The molecule has 1 unspecified atom stereocenters. The summed E-state index contributed by atoms with van der Waals surface area (Å²) in [5, 5.41) is 3.46. The van der Waals surface area contributed by atoms with Crippen LogP contribution in [0.5, 0.6) is 5.75 Å². The summed E-state index contributed by atoms with van der Waals surface area (Å²) in [6, 6.07) is 0.642. The predicted molar refractivity (Wildman–Crippen MR) is 96.7 cm³/mol. The van der Waals surface area contributed by atoms with Crippen molar-refractivity contribution < 1.29 is 4.74 Å². The molecular weight excluding hydrogens is 321 g/mol. The van der Waals surface area contributed by atoms with Crippen LogP contribution in [-0.4, -0.2) is 42.7 Å². The van der Waals surface area contributed by atoms with Gasteiger partial charge >= 0.3 is 0 Å². The molecule has 2 heterocycles. The second kappa shape index (κ2) is 10.3. The van der Waals surface area contributed by atoms with Gasteiger partial charge in [-0.1, -0.05) is 6.92 Å². The molecule has 1 atom stereocenters. The van der Waals surface area contributed by atoms with Crippen molar-refractivity contribution in [2.45, 2.75) is 46.2 Å². The van der Waals surface area contributed by atoms with Crippen LogP contribution < -0.4 is 10.1 Å². The van der Waals surface area contributed by atoms with Gasteiger partial charge in [0.15, 0.2) is 0 Å². The molecule has 22 heavy (non-hydrogen) atoms. The fraction of sp³-hybridized carbons (Fsp3) is 0.688. The topological polar surface area (TPSA) is 37.4 Å². The van der Waals surface area contributed by atoms with Crippen LogP contribution in [-0.2, 0) is 6.54 Å². The molecule has 1 aromatic rings. The van der Waals surface area contributed by atoms with Crippen molar-refractivity contribution in [3.05, 3.63) is 23.0 Å². The maximum Gasteiger partial charge on any atom is 0.128 e. The van der Waals surface area contributed by atoms with E-state index in [1.807, 2.05) is 13.1 Å². The lowest BCUT2D eigenvalue weighted by Gasteiger charge is -2.28. The number of hydrogen-bond acceptors (Lipinski definition) is 4. The third-order valence-electron chi connectivity index (χ3n) is 4.16. The SMILES string of the molecule is CCCN(Cc1ncc(C)c(OC)c1C)C1CCNC1.Cl.Cl. The number of pyridine rings is 1. The number of nitrogens with one attached hydrogen (secondary N) is 1.